The molecule has 0 atom stereocenters. The van der Waals surface area contributed by atoms with E-state index in [1.165, 1.54) is 11.1 Å². The Hall–Kier alpha value is -3.15. The first kappa shape index (κ1) is 34.1. The Labute approximate surface area is 253 Å². The molecule has 41 heavy (non-hydrogen) atoms. The van der Waals surface area contributed by atoms with E-state index in [-0.39, 0.29) is 18.4 Å². The molecule has 6 heteroatoms. The number of hydrogen-bond donors (Lipinski definition) is 1. The van der Waals surface area contributed by atoms with Crippen LogP contribution in [0.4, 0.5) is 5.69 Å². The van der Waals surface area contributed by atoms with Gasteiger partial charge in [0, 0.05) is 18.8 Å². The van der Waals surface area contributed by atoms with E-state index >= 15 is 0 Å². The van der Waals surface area contributed by atoms with E-state index in [1.54, 1.807) is 0 Å². The molecular weight excluding hydrogens is 532 g/mol. The maximum atomic E-state index is 12.6. The van der Waals surface area contributed by atoms with Gasteiger partial charge in [0.15, 0.2) is 0 Å². The van der Waals surface area contributed by atoms with Crippen molar-refractivity contribution in [2.24, 2.45) is 5.41 Å². The van der Waals surface area contributed by atoms with E-state index in [0.717, 1.165) is 67.8 Å². The van der Waals surface area contributed by atoms with Gasteiger partial charge in [-0.3, -0.25) is 9.78 Å². The Morgan fingerprint density at radius 3 is 2.44 bits per heavy atom. The first-order chi connectivity index (χ1) is 19.5. The van der Waals surface area contributed by atoms with Crippen molar-refractivity contribution >= 4 is 36.2 Å². The third kappa shape index (κ3) is 11.3. The number of halogens is 1. The van der Waals surface area contributed by atoms with Gasteiger partial charge in [0.05, 0.1) is 30.0 Å². The second-order valence-electron chi connectivity index (χ2n) is 10.4. The molecule has 0 saturated heterocycles. The van der Waals surface area contributed by atoms with Crippen molar-refractivity contribution in [1.82, 2.24) is 4.98 Å². The number of hydrogen-bond acceptors (Lipinski definition) is 5. The molecule has 0 saturated carbocycles. The molecule has 0 aliphatic heterocycles. The number of anilines is 1. The molecule has 0 radical (unpaired) electrons. The zero-order chi connectivity index (χ0) is 28.6. The summed E-state index contributed by atoms with van der Waals surface area (Å²) in [5, 5.41) is 3.49. The number of carbonyl (C=O) groups is 1. The van der Waals surface area contributed by atoms with E-state index in [4.69, 9.17) is 14.5 Å². The maximum absolute atomic E-state index is 12.6. The molecule has 0 fully saturated rings. The standard InChI is InChI=1S/C35H46N2O3.ClH/c1-5-35(6-2,34(38)40-7-3)23-24-36-32-15-10-13-30(26-32)21-22-31-14-11-16-33(37-31)27-39-25-9-8-12-29-19-17-28(4)18-20-29;/h10-11,13-22,26,36H,5-9,12,23-25,27H2,1-4H3;1H. The number of ether oxygens (including phenoxy) is 2. The van der Waals surface area contributed by atoms with Crippen molar-refractivity contribution in [3.05, 3.63) is 94.8 Å². The van der Waals surface area contributed by atoms with Crippen LogP contribution < -0.4 is 5.32 Å². The molecule has 3 aromatic rings. The quantitative estimate of drug-likeness (QED) is 0.128. The number of unbranched alkanes of at least 4 members (excludes halogenated alkanes) is 1. The van der Waals surface area contributed by atoms with E-state index in [9.17, 15) is 4.79 Å². The van der Waals surface area contributed by atoms with E-state index in [2.05, 4.69) is 74.6 Å². The predicted molar refractivity (Wildman–Crippen MR) is 173 cm³/mol. The fourth-order valence-electron chi connectivity index (χ4n) is 4.79. The molecule has 222 valence electrons. The van der Waals surface area contributed by atoms with Crippen LogP contribution in [0.25, 0.3) is 12.2 Å². The van der Waals surface area contributed by atoms with Crippen molar-refractivity contribution in [2.45, 2.75) is 72.8 Å². The summed E-state index contributed by atoms with van der Waals surface area (Å²) in [4.78, 5) is 17.3. The molecule has 1 aromatic heterocycles. The Morgan fingerprint density at radius 1 is 0.951 bits per heavy atom. The highest BCUT2D eigenvalue weighted by atomic mass is 35.5. The summed E-state index contributed by atoms with van der Waals surface area (Å²) >= 11 is 0. The summed E-state index contributed by atoms with van der Waals surface area (Å²) in [5.74, 6) is -0.0864. The van der Waals surface area contributed by atoms with Gasteiger partial charge in [0.1, 0.15) is 0 Å². The van der Waals surface area contributed by atoms with Gasteiger partial charge in [0.25, 0.3) is 0 Å². The van der Waals surface area contributed by atoms with Crippen molar-refractivity contribution in [3.8, 4) is 0 Å². The molecular formula is C35H47ClN2O3. The number of esters is 1. The molecule has 2 aromatic carbocycles. The fourth-order valence-corrected chi connectivity index (χ4v) is 4.79. The van der Waals surface area contributed by atoms with Crippen LogP contribution in [0, 0.1) is 12.3 Å². The SMILES string of the molecule is CCOC(=O)C(CC)(CC)CCNc1cccc(C=Cc2cccc(COCCCCc3ccc(C)cc3)n2)c1.Cl. The summed E-state index contributed by atoms with van der Waals surface area (Å²) in [6.07, 6.45) is 9.65. The largest absolute Gasteiger partial charge is 0.466 e. The summed E-state index contributed by atoms with van der Waals surface area (Å²) in [5.41, 5.74) is 6.22. The number of nitrogens with zero attached hydrogens (tertiary/aromatic N) is 1. The number of benzene rings is 2. The zero-order valence-electron chi connectivity index (χ0n) is 25.2. The van der Waals surface area contributed by atoms with Gasteiger partial charge < -0.3 is 14.8 Å². The van der Waals surface area contributed by atoms with E-state index in [1.807, 2.05) is 37.3 Å². The lowest BCUT2D eigenvalue weighted by molar-refractivity contribution is -0.156. The summed E-state index contributed by atoms with van der Waals surface area (Å²) in [6.45, 7) is 10.5. The molecule has 0 aliphatic rings. The molecule has 0 amide bonds. The van der Waals surface area contributed by atoms with E-state index < -0.39 is 5.41 Å². The van der Waals surface area contributed by atoms with Crippen LogP contribution >= 0.6 is 12.4 Å². The summed E-state index contributed by atoms with van der Waals surface area (Å²) in [7, 11) is 0. The van der Waals surface area contributed by atoms with Crippen LogP contribution in [0.2, 0.25) is 0 Å². The smallest absolute Gasteiger partial charge is 0.312 e. The van der Waals surface area contributed by atoms with Crippen LogP contribution in [-0.4, -0.2) is 30.7 Å². The van der Waals surface area contributed by atoms with Crippen LogP contribution in [0.5, 0.6) is 0 Å². The first-order valence-electron chi connectivity index (χ1n) is 14.8. The number of rotatable bonds is 17. The number of aromatic nitrogens is 1. The van der Waals surface area contributed by atoms with Gasteiger partial charge in [-0.25, -0.2) is 0 Å². The average molecular weight is 579 g/mol. The minimum Gasteiger partial charge on any atom is -0.466 e. The Kier molecular flexibility index (Phi) is 15.2. The molecule has 0 spiro atoms. The molecule has 1 N–H and O–H groups in total. The molecule has 3 rings (SSSR count). The first-order valence-corrected chi connectivity index (χ1v) is 14.8. The van der Waals surface area contributed by atoms with Gasteiger partial charge >= 0.3 is 5.97 Å². The lowest BCUT2D eigenvalue weighted by atomic mass is 9.79. The third-order valence-electron chi connectivity index (χ3n) is 7.53. The topological polar surface area (TPSA) is 60.5 Å². The normalized spacial score (nSPS) is 11.3. The van der Waals surface area contributed by atoms with Crippen LogP contribution in [0.3, 0.4) is 0 Å². The minimum absolute atomic E-state index is 0. The molecule has 0 aliphatic carbocycles. The highest BCUT2D eigenvalue weighted by Crippen LogP contribution is 2.32. The van der Waals surface area contributed by atoms with Gasteiger partial charge in [-0.1, -0.05) is 68.0 Å². The second kappa shape index (κ2) is 18.3. The van der Waals surface area contributed by atoms with Crippen LogP contribution in [0.1, 0.15) is 81.0 Å². The van der Waals surface area contributed by atoms with Crippen LogP contribution in [0.15, 0.2) is 66.7 Å². The number of carbonyl (C=O) groups excluding carboxylic acids is 1. The lowest BCUT2D eigenvalue weighted by Crippen LogP contribution is -2.34. The summed E-state index contributed by atoms with van der Waals surface area (Å²) < 4.78 is 11.3. The maximum Gasteiger partial charge on any atom is 0.312 e. The van der Waals surface area contributed by atoms with Gasteiger partial charge in [-0.2, -0.15) is 0 Å². The monoisotopic (exact) mass is 578 g/mol. The van der Waals surface area contributed by atoms with Crippen molar-refractivity contribution in [1.29, 1.82) is 0 Å². The van der Waals surface area contributed by atoms with Crippen molar-refractivity contribution < 1.29 is 14.3 Å². The van der Waals surface area contributed by atoms with Gasteiger partial charge in [-0.15, -0.1) is 12.4 Å². The Bertz CT molecular complexity index is 1210. The van der Waals surface area contributed by atoms with Crippen LogP contribution in [-0.2, 0) is 27.3 Å². The fraction of sp³-hybridized carbons (Fsp3) is 0.429. The van der Waals surface area contributed by atoms with Gasteiger partial charge in [-0.05, 0) is 93.8 Å². The second-order valence-corrected chi connectivity index (χ2v) is 10.4. The molecule has 0 unspecified atom stereocenters. The summed E-state index contributed by atoms with van der Waals surface area (Å²) in [6, 6.07) is 23.1. The number of pyridine rings is 1. The predicted octanol–water partition coefficient (Wildman–Crippen LogP) is 8.69. The molecule has 5 nitrogen and oxygen atoms in total. The molecule has 0 bridgehead atoms. The highest BCUT2D eigenvalue weighted by Gasteiger charge is 2.35. The third-order valence-corrected chi connectivity index (χ3v) is 7.53. The Balaban J connectivity index is 0.00000588. The minimum atomic E-state index is -0.428. The van der Waals surface area contributed by atoms with Crippen molar-refractivity contribution in [3.63, 3.8) is 0 Å². The van der Waals surface area contributed by atoms with E-state index in [0.29, 0.717) is 19.8 Å². The Morgan fingerprint density at radius 2 is 1.71 bits per heavy atom. The zero-order valence-corrected chi connectivity index (χ0v) is 26.0. The average Bonchev–Trinajstić information content (AvgIpc) is 2.98. The van der Waals surface area contributed by atoms with Crippen molar-refractivity contribution in [2.75, 3.05) is 25.1 Å². The van der Waals surface area contributed by atoms with Gasteiger partial charge in [0.2, 0.25) is 0 Å². The highest BCUT2D eigenvalue weighted by molar-refractivity contribution is 5.85. The lowest BCUT2D eigenvalue weighted by Gasteiger charge is -2.29. The number of aryl methyl sites for hydroxylation is 2. The molecule has 1 heterocycles. The number of nitrogens with one attached hydrogen (secondary N) is 1.